The SMILES string of the molecule is O=C(O)CN(C(=O)Cc1csc2ccc(Cl)cc12)C1CC1. The van der Waals surface area contributed by atoms with Gasteiger partial charge in [-0.25, -0.2) is 0 Å². The highest BCUT2D eigenvalue weighted by Gasteiger charge is 2.33. The number of benzene rings is 1. The normalized spacial score (nSPS) is 14.3. The van der Waals surface area contributed by atoms with E-state index in [0.717, 1.165) is 28.5 Å². The number of hydrogen-bond donors (Lipinski definition) is 1. The predicted molar refractivity (Wildman–Crippen MR) is 82.9 cm³/mol. The number of carbonyl (C=O) groups excluding carboxylic acids is 1. The highest BCUT2D eigenvalue weighted by Crippen LogP contribution is 2.31. The van der Waals surface area contributed by atoms with Gasteiger partial charge in [0.25, 0.3) is 0 Å². The molecule has 1 fully saturated rings. The van der Waals surface area contributed by atoms with Crippen molar-refractivity contribution in [3.05, 3.63) is 34.2 Å². The van der Waals surface area contributed by atoms with Gasteiger partial charge in [-0.15, -0.1) is 11.3 Å². The molecule has 0 aliphatic heterocycles. The van der Waals surface area contributed by atoms with Gasteiger partial charge in [-0.1, -0.05) is 11.6 Å². The van der Waals surface area contributed by atoms with E-state index in [0.29, 0.717) is 5.02 Å². The molecule has 1 heterocycles. The number of amides is 1. The van der Waals surface area contributed by atoms with Crippen molar-refractivity contribution in [3.63, 3.8) is 0 Å². The first-order valence-electron chi connectivity index (χ1n) is 6.71. The van der Waals surface area contributed by atoms with Gasteiger partial charge in [-0.3, -0.25) is 9.59 Å². The Balaban J connectivity index is 1.81. The van der Waals surface area contributed by atoms with Crippen LogP contribution in [-0.2, 0) is 16.0 Å². The van der Waals surface area contributed by atoms with Crippen molar-refractivity contribution < 1.29 is 14.7 Å². The van der Waals surface area contributed by atoms with Crippen LogP contribution in [0.3, 0.4) is 0 Å². The lowest BCUT2D eigenvalue weighted by atomic mass is 10.1. The van der Waals surface area contributed by atoms with E-state index in [9.17, 15) is 9.59 Å². The molecule has 1 N–H and O–H groups in total. The van der Waals surface area contributed by atoms with E-state index in [1.165, 1.54) is 4.90 Å². The summed E-state index contributed by atoms with van der Waals surface area (Å²) in [5.41, 5.74) is 0.915. The number of nitrogens with zero attached hydrogens (tertiary/aromatic N) is 1. The fourth-order valence-corrected chi connectivity index (χ4v) is 3.52. The molecule has 0 atom stereocenters. The zero-order chi connectivity index (χ0) is 15.0. The maximum Gasteiger partial charge on any atom is 0.323 e. The molecule has 0 spiro atoms. The van der Waals surface area contributed by atoms with Crippen molar-refractivity contribution in [1.82, 2.24) is 4.90 Å². The van der Waals surface area contributed by atoms with Crippen molar-refractivity contribution in [2.75, 3.05) is 6.54 Å². The van der Waals surface area contributed by atoms with Gasteiger partial charge in [0.05, 0.1) is 6.42 Å². The van der Waals surface area contributed by atoms with Crippen molar-refractivity contribution >= 4 is 44.9 Å². The van der Waals surface area contributed by atoms with Gasteiger partial charge in [0.2, 0.25) is 5.91 Å². The van der Waals surface area contributed by atoms with Crippen LogP contribution >= 0.6 is 22.9 Å². The van der Waals surface area contributed by atoms with Crippen LogP contribution in [0.4, 0.5) is 0 Å². The van der Waals surface area contributed by atoms with Crippen molar-refractivity contribution in [2.45, 2.75) is 25.3 Å². The third-order valence-electron chi connectivity index (χ3n) is 3.57. The molecule has 1 saturated carbocycles. The summed E-state index contributed by atoms with van der Waals surface area (Å²) < 4.78 is 1.08. The molecule has 1 aliphatic carbocycles. The maximum absolute atomic E-state index is 12.4. The Morgan fingerprint density at radius 1 is 1.38 bits per heavy atom. The summed E-state index contributed by atoms with van der Waals surface area (Å²) in [5, 5.41) is 12.5. The quantitative estimate of drug-likeness (QED) is 0.919. The molecule has 3 rings (SSSR count). The summed E-state index contributed by atoms with van der Waals surface area (Å²) in [6.45, 7) is -0.216. The second kappa shape index (κ2) is 5.66. The fourth-order valence-electron chi connectivity index (χ4n) is 2.41. The lowest BCUT2D eigenvalue weighted by Gasteiger charge is -2.20. The summed E-state index contributed by atoms with van der Waals surface area (Å²) >= 11 is 7.58. The molecule has 0 unspecified atom stereocenters. The van der Waals surface area contributed by atoms with Gasteiger partial charge in [0, 0.05) is 15.8 Å². The topological polar surface area (TPSA) is 57.6 Å². The van der Waals surface area contributed by atoms with Gasteiger partial charge < -0.3 is 10.0 Å². The zero-order valence-electron chi connectivity index (χ0n) is 11.2. The molecule has 0 saturated heterocycles. The Morgan fingerprint density at radius 3 is 2.81 bits per heavy atom. The number of aliphatic carboxylic acids is 1. The number of carbonyl (C=O) groups is 2. The Labute approximate surface area is 130 Å². The van der Waals surface area contributed by atoms with Gasteiger partial charge in [-0.2, -0.15) is 0 Å². The Kier molecular flexibility index (Phi) is 3.87. The minimum Gasteiger partial charge on any atom is -0.480 e. The molecule has 1 amide bonds. The average Bonchev–Trinajstić information content (AvgIpc) is 3.20. The molecule has 1 aromatic heterocycles. The van der Waals surface area contributed by atoms with E-state index in [1.807, 2.05) is 23.6 Å². The predicted octanol–water partition coefficient (Wildman–Crippen LogP) is 3.17. The van der Waals surface area contributed by atoms with Gasteiger partial charge in [0.1, 0.15) is 6.54 Å². The van der Waals surface area contributed by atoms with Crippen LogP contribution in [0.5, 0.6) is 0 Å². The van der Waals surface area contributed by atoms with E-state index >= 15 is 0 Å². The molecule has 0 bridgehead atoms. The molecule has 2 aromatic rings. The molecule has 1 aromatic carbocycles. The van der Waals surface area contributed by atoms with Gasteiger partial charge >= 0.3 is 5.97 Å². The second-order valence-corrected chi connectivity index (χ2v) is 6.57. The molecule has 6 heteroatoms. The van der Waals surface area contributed by atoms with E-state index in [2.05, 4.69) is 0 Å². The third-order valence-corrected chi connectivity index (χ3v) is 4.82. The van der Waals surface area contributed by atoms with Gasteiger partial charge in [0.15, 0.2) is 0 Å². The number of carboxylic acid groups (broad SMARTS) is 1. The maximum atomic E-state index is 12.4. The Hall–Kier alpha value is -1.59. The average molecular weight is 324 g/mol. The van der Waals surface area contributed by atoms with E-state index in [1.54, 1.807) is 11.3 Å². The molecular weight excluding hydrogens is 310 g/mol. The zero-order valence-corrected chi connectivity index (χ0v) is 12.8. The van der Waals surface area contributed by atoms with E-state index < -0.39 is 5.97 Å². The lowest BCUT2D eigenvalue weighted by molar-refractivity contribution is -0.144. The summed E-state index contributed by atoms with van der Waals surface area (Å²) in [7, 11) is 0. The molecule has 110 valence electrons. The molecule has 1 aliphatic rings. The smallest absolute Gasteiger partial charge is 0.323 e. The highest BCUT2D eigenvalue weighted by molar-refractivity contribution is 7.17. The first-order valence-corrected chi connectivity index (χ1v) is 7.97. The summed E-state index contributed by atoms with van der Waals surface area (Å²) in [4.78, 5) is 24.8. The number of thiophene rings is 1. The lowest BCUT2D eigenvalue weighted by Crippen LogP contribution is -2.38. The first kappa shape index (κ1) is 14.4. The molecule has 0 radical (unpaired) electrons. The van der Waals surface area contributed by atoms with Crippen LogP contribution < -0.4 is 0 Å². The summed E-state index contributed by atoms with van der Waals surface area (Å²) in [6.07, 6.45) is 2.02. The number of carboxylic acids is 1. The van der Waals surface area contributed by atoms with Crippen LogP contribution in [0.1, 0.15) is 18.4 Å². The number of hydrogen-bond acceptors (Lipinski definition) is 3. The van der Waals surface area contributed by atoms with Crippen LogP contribution in [0, 0.1) is 0 Å². The minimum atomic E-state index is -0.964. The Bertz CT molecular complexity index is 708. The van der Waals surface area contributed by atoms with Crippen LogP contribution in [-0.4, -0.2) is 34.5 Å². The number of halogens is 1. The monoisotopic (exact) mass is 323 g/mol. The first-order chi connectivity index (χ1) is 10.0. The number of fused-ring (bicyclic) bond motifs is 1. The third kappa shape index (κ3) is 3.19. The van der Waals surface area contributed by atoms with Crippen LogP contribution in [0.25, 0.3) is 10.1 Å². The summed E-state index contributed by atoms with van der Waals surface area (Å²) in [6, 6.07) is 5.72. The minimum absolute atomic E-state index is 0.0992. The van der Waals surface area contributed by atoms with Crippen molar-refractivity contribution in [3.8, 4) is 0 Å². The molecule has 21 heavy (non-hydrogen) atoms. The van der Waals surface area contributed by atoms with Crippen LogP contribution in [0.2, 0.25) is 5.02 Å². The van der Waals surface area contributed by atoms with Crippen molar-refractivity contribution in [2.24, 2.45) is 0 Å². The number of rotatable bonds is 5. The molecular formula is C15H14ClNO3S. The van der Waals surface area contributed by atoms with Gasteiger partial charge in [-0.05, 0) is 47.4 Å². The standard InChI is InChI=1S/C15H14ClNO3S/c16-10-1-4-13-12(6-10)9(8-21-13)5-14(18)17(7-15(19)20)11-2-3-11/h1,4,6,8,11H,2-3,5,7H2,(H,19,20). The second-order valence-electron chi connectivity index (χ2n) is 5.22. The summed E-state index contributed by atoms with van der Waals surface area (Å²) in [5.74, 6) is -1.09. The largest absolute Gasteiger partial charge is 0.480 e. The highest BCUT2D eigenvalue weighted by atomic mass is 35.5. The molecule has 4 nitrogen and oxygen atoms in total. The van der Waals surface area contributed by atoms with Crippen LogP contribution in [0.15, 0.2) is 23.6 Å². The van der Waals surface area contributed by atoms with E-state index in [4.69, 9.17) is 16.7 Å². The van der Waals surface area contributed by atoms with Crippen molar-refractivity contribution in [1.29, 1.82) is 0 Å². The Morgan fingerprint density at radius 2 is 2.14 bits per heavy atom. The fraction of sp³-hybridized carbons (Fsp3) is 0.333. The van der Waals surface area contributed by atoms with E-state index in [-0.39, 0.29) is 24.9 Å².